The van der Waals surface area contributed by atoms with Crippen molar-refractivity contribution in [1.82, 2.24) is 13.4 Å². The van der Waals surface area contributed by atoms with Crippen molar-refractivity contribution in [2.45, 2.75) is 52.4 Å². The monoisotopic (exact) mass is 857 g/mol. The molecule has 318 valence electrons. The predicted octanol–water partition coefficient (Wildman–Crippen LogP) is 17.7. The number of rotatable bonds is 2. The Hall–Kier alpha value is -7.88. The normalized spacial score (nSPS) is 13.2. The van der Waals surface area contributed by atoms with E-state index in [9.17, 15) is 0 Å². The number of fused-ring (bicyclic) bond motifs is 19. The van der Waals surface area contributed by atoms with Gasteiger partial charge in [0.05, 0.1) is 44.1 Å². The van der Waals surface area contributed by atoms with Crippen LogP contribution in [0.25, 0.3) is 136 Å². The Morgan fingerprint density at radius 3 is 1.61 bits per heavy atom. The Morgan fingerprint density at radius 1 is 0.313 bits per heavy atom. The van der Waals surface area contributed by atoms with Crippen LogP contribution in [0.4, 0.5) is 0 Å². The summed E-state index contributed by atoms with van der Waals surface area (Å²) in [5.74, 6) is 0. The van der Waals surface area contributed by atoms with E-state index in [1.807, 2.05) is 0 Å². The molecule has 0 fully saturated rings. The van der Waals surface area contributed by atoms with Crippen molar-refractivity contribution in [2.24, 2.45) is 0 Å². The highest BCUT2D eigenvalue weighted by Crippen LogP contribution is 2.51. The van der Waals surface area contributed by atoms with Gasteiger partial charge in [0, 0.05) is 65.1 Å². The molecule has 3 nitrogen and oxygen atoms in total. The topological polar surface area (TPSA) is 13.8 Å². The lowest BCUT2D eigenvalue weighted by Crippen LogP contribution is -2.11. The summed E-state index contributed by atoms with van der Waals surface area (Å²) in [6, 6.07) is 67.1. The molecule has 15 aromatic rings. The molecular formula is C64H47N3. The van der Waals surface area contributed by atoms with Gasteiger partial charge in [0.25, 0.3) is 0 Å². The van der Waals surface area contributed by atoms with Crippen LogP contribution in [0.1, 0.15) is 52.7 Å². The molecule has 5 aromatic heterocycles. The fraction of sp³-hybridized carbons (Fsp3) is 0.125. The second-order valence-electron chi connectivity index (χ2n) is 21.4. The molecule has 0 unspecified atom stereocenters. The molecule has 0 aliphatic carbocycles. The van der Waals surface area contributed by atoms with Gasteiger partial charge in [0.1, 0.15) is 0 Å². The Kier molecular flexibility index (Phi) is 6.97. The maximum atomic E-state index is 2.66. The molecule has 0 aliphatic rings. The van der Waals surface area contributed by atoms with Crippen LogP contribution in [0.5, 0.6) is 0 Å². The first-order chi connectivity index (χ1) is 32.5. The van der Waals surface area contributed by atoms with Gasteiger partial charge in [-0.05, 0) is 128 Å². The van der Waals surface area contributed by atoms with Crippen molar-refractivity contribution in [2.75, 3.05) is 0 Å². The Labute approximate surface area is 387 Å². The molecule has 10 aromatic carbocycles. The van der Waals surface area contributed by atoms with Crippen LogP contribution in [-0.2, 0) is 10.8 Å². The van der Waals surface area contributed by atoms with E-state index in [1.165, 1.54) is 147 Å². The van der Waals surface area contributed by atoms with E-state index in [4.69, 9.17) is 0 Å². The summed E-state index contributed by atoms with van der Waals surface area (Å²) >= 11 is 0. The third-order valence-corrected chi connectivity index (χ3v) is 15.5. The smallest absolute Gasteiger partial charge is 0.0627 e. The summed E-state index contributed by atoms with van der Waals surface area (Å²) < 4.78 is 7.66. The van der Waals surface area contributed by atoms with E-state index in [-0.39, 0.29) is 10.8 Å². The molecule has 0 aliphatic heterocycles. The molecule has 0 amide bonds. The maximum Gasteiger partial charge on any atom is 0.0627 e. The van der Waals surface area contributed by atoms with Crippen molar-refractivity contribution in [3.8, 4) is 16.8 Å². The quantitative estimate of drug-likeness (QED) is 0.164. The van der Waals surface area contributed by atoms with Gasteiger partial charge in [0.2, 0.25) is 0 Å². The van der Waals surface area contributed by atoms with Crippen molar-refractivity contribution in [3.05, 3.63) is 187 Å². The first-order valence-corrected chi connectivity index (χ1v) is 23.8. The highest BCUT2D eigenvalue weighted by atomic mass is 15.0. The first-order valence-electron chi connectivity index (χ1n) is 23.8. The Morgan fingerprint density at radius 2 is 0.866 bits per heavy atom. The molecule has 0 saturated heterocycles. The van der Waals surface area contributed by atoms with Crippen LogP contribution in [0.15, 0.2) is 176 Å². The Balaban J connectivity index is 1.13. The van der Waals surface area contributed by atoms with E-state index < -0.39 is 0 Å². The van der Waals surface area contributed by atoms with Gasteiger partial charge in [0.15, 0.2) is 0 Å². The van der Waals surface area contributed by atoms with E-state index in [0.717, 1.165) is 0 Å². The van der Waals surface area contributed by atoms with E-state index >= 15 is 0 Å². The summed E-state index contributed by atoms with van der Waals surface area (Å²) in [7, 11) is 0. The summed E-state index contributed by atoms with van der Waals surface area (Å²) in [6.07, 6.45) is 0. The fourth-order valence-electron chi connectivity index (χ4n) is 12.3. The van der Waals surface area contributed by atoms with Gasteiger partial charge in [-0.15, -0.1) is 0 Å². The van der Waals surface area contributed by atoms with Crippen molar-refractivity contribution in [3.63, 3.8) is 0 Å². The highest BCUT2D eigenvalue weighted by molar-refractivity contribution is 6.35. The lowest BCUT2D eigenvalue weighted by Gasteiger charge is -2.21. The summed E-state index contributed by atoms with van der Waals surface area (Å²) in [6.45, 7) is 14.1. The van der Waals surface area contributed by atoms with Gasteiger partial charge in [-0.3, -0.25) is 0 Å². The zero-order chi connectivity index (χ0) is 44.8. The number of benzene rings is 10. The molecular weight excluding hydrogens is 811 g/mol. The summed E-state index contributed by atoms with van der Waals surface area (Å²) in [4.78, 5) is 0. The second-order valence-corrected chi connectivity index (χ2v) is 21.4. The van der Waals surface area contributed by atoms with Crippen LogP contribution in [0.3, 0.4) is 0 Å². The molecule has 0 saturated carbocycles. The van der Waals surface area contributed by atoms with Crippen molar-refractivity contribution in [1.29, 1.82) is 0 Å². The lowest BCUT2D eigenvalue weighted by atomic mass is 9.83. The minimum atomic E-state index is -0.0773. The number of nitrogens with zero attached hydrogens (tertiary/aromatic N) is 3. The van der Waals surface area contributed by atoms with E-state index in [0.29, 0.717) is 0 Å². The minimum Gasteiger partial charge on any atom is -0.309 e. The summed E-state index contributed by atoms with van der Waals surface area (Å²) in [5.41, 5.74) is 16.4. The molecule has 67 heavy (non-hydrogen) atoms. The third kappa shape index (κ3) is 4.81. The van der Waals surface area contributed by atoms with Gasteiger partial charge in [-0.2, -0.15) is 0 Å². The zero-order valence-electron chi connectivity index (χ0n) is 38.6. The zero-order valence-corrected chi connectivity index (χ0v) is 38.6. The molecule has 0 atom stereocenters. The Bertz CT molecular complexity index is 4620. The fourth-order valence-corrected chi connectivity index (χ4v) is 12.3. The van der Waals surface area contributed by atoms with Crippen LogP contribution >= 0.6 is 0 Å². The van der Waals surface area contributed by atoms with Gasteiger partial charge < -0.3 is 13.4 Å². The number of aromatic nitrogens is 3. The van der Waals surface area contributed by atoms with E-state index in [2.05, 4.69) is 231 Å². The van der Waals surface area contributed by atoms with Crippen LogP contribution < -0.4 is 0 Å². The number of hydrogen-bond donors (Lipinski definition) is 0. The SMILES string of the molecule is CC(C)(C)c1cc(-c2ccc3c(c2)c2ccccc2n3-c2ccccc2)c2c(c1)c1c3ccccc3cc3c4cc5c(cc4n2c31)c1cc(C(C)(C)C)cc2c3c4ccccc4ccc3n5c12. The maximum absolute atomic E-state index is 2.66. The van der Waals surface area contributed by atoms with Gasteiger partial charge in [-0.1, -0.05) is 139 Å². The minimum absolute atomic E-state index is 0.0313. The van der Waals surface area contributed by atoms with Gasteiger partial charge in [-0.25, -0.2) is 0 Å². The molecule has 3 heteroatoms. The lowest BCUT2D eigenvalue weighted by molar-refractivity contribution is 0.591. The standard InChI is InChI=1S/C64H47N3/c1-63(2,3)39-30-45(38-25-26-54-46(28-38)44-22-14-15-23-53(44)65(54)41-18-8-7-9-19-41)60-52(33-39)59-43-21-13-11-17-37(43)29-49-47-34-56-48(35-57(47)67(60)62(49)59)50-31-40(64(4,5)6)32-51-58-42-20-12-10-16-36(42)24-27-55(58)66(56)61(50)51/h7-35H,1-6H3. The third-order valence-electron chi connectivity index (χ3n) is 15.5. The van der Waals surface area contributed by atoms with Crippen molar-refractivity contribution >= 4 is 120 Å². The average molecular weight is 858 g/mol. The molecule has 0 bridgehead atoms. The van der Waals surface area contributed by atoms with E-state index in [1.54, 1.807) is 0 Å². The second kappa shape index (κ2) is 12.5. The van der Waals surface area contributed by atoms with Gasteiger partial charge >= 0.3 is 0 Å². The number of para-hydroxylation sites is 2. The largest absolute Gasteiger partial charge is 0.309 e. The van der Waals surface area contributed by atoms with Crippen LogP contribution in [-0.4, -0.2) is 13.4 Å². The van der Waals surface area contributed by atoms with Crippen LogP contribution in [0, 0.1) is 0 Å². The molecule has 0 N–H and O–H groups in total. The first kappa shape index (κ1) is 37.4. The molecule has 15 rings (SSSR count). The highest BCUT2D eigenvalue weighted by Gasteiger charge is 2.29. The number of hydrogen-bond acceptors (Lipinski definition) is 0. The molecule has 5 heterocycles. The summed E-state index contributed by atoms with van der Waals surface area (Å²) in [5, 5.41) is 18.2. The van der Waals surface area contributed by atoms with Crippen molar-refractivity contribution < 1.29 is 0 Å². The molecule has 0 radical (unpaired) electrons. The van der Waals surface area contributed by atoms with Crippen LogP contribution in [0.2, 0.25) is 0 Å². The predicted molar refractivity (Wildman–Crippen MR) is 288 cm³/mol. The average Bonchev–Trinajstić information content (AvgIpc) is 4.12. The molecule has 0 spiro atoms.